The van der Waals surface area contributed by atoms with E-state index in [4.69, 9.17) is 16.3 Å². The van der Waals surface area contributed by atoms with Crippen molar-refractivity contribution in [2.24, 2.45) is 5.41 Å². The highest BCUT2D eigenvalue weighted by Gasteiger charge is 2.35. The molecule has 8 heteroatoms. The van der Waals surface area contributed by atoms with Crippen molar-refractivity contribution < 1.29 is 14.6 Å². The van der Waals surface area contributed by atoms with Crippen LogP contribution in [0.25, 0.3) is 5.69 Å². The molecule has 1 aromatic heterocycles. The Morgan fingerprint density at radius 2 is 2.18 bits per heavy atom. The molecule has 0 aliphatic heterocycles. The number of halogens is 1. The van der Waals surface area contributed by atoms with Gasteiger partial charge in [-0.3, -0.25) is 4.79 Å². The Kier molecular flexibility index (Phi) is 6.05. The molecule has 0 bridgehead atoms. The van der Waals surface area contributed by atoms with E-state index in [0.717, 1.165) is 30.4 Å². The molecule has 1 saturated carbocycles. The van der Waals surface area contributed by atoms with E-state index in [-0.39, 0.29) is 16.0 Å². The molecule has 7 nitrogen and oxygen atoms in total. The summed E-state index contributed by atoms with van der Waals surface area (Å²) in [7, 11) is 1.27. The van der Waals surface area contributed by atoms with Gasteiger partial charge in [0, 0.05) is 12.0 Å². The summed E-state index contributed by atoms with van der Waals surface area (Å²) in [5.74, 6) is -0.568. The smallest absolute Gasteiger partial charge is 0.340 e. The van der Waals surface area contributed by atoms with Crippen LogP contribution in [-0.2, 0) is 4.74 Å². The summed E-state index contributed by atoms with van der Waals surface area (Å²) in [6, 6.07) is 6.53. The van der Waals surface area contributed by atoms with Gasteiger partial charge in [0.25, 0.3) is 5.56 Å². The first-order valence-corrected chi connectivity index (χ1v) is 9.62. The molecule has 0 spiro atoms. The molecule has 1 heterocycles. The minimum Gasteiger partial charge on any atom is -0.465 e. The zero-order chi connectivity index (χ0) is 20.3. The summed E-state index contributed by atoms with van der Waals surface area (Å²) in [6.07, 6.45) is 4.82. The van der Waals surface area contributed by atoms with Crippen LogP contribution < -0.4 is 10.9 Å². The molecule has 0 radical (unpaired) electrons. The van der Waals surface area contributed by atoms with Gasteiger partial charge in [-0.25, -0.2) is 4.79 Å². The van der Waals surface area contributed by atoms with E-state index in [2.05, 4.69) is 10.4 Å². The Morgan fingerprint density at radius 3 is 2.89 bits per heavy atom. The fourth-order valence-electron chi connectivity index (χ4n) is 3.55. The van der Waals surface area contributed by atoms with E-state index >= 15 is 0 Å². The van der Waals surface area contributed by atoms with Crippen LogP contribution in [0.1, 0.15) is 43.0 Å². The molecular formula is C20H24ClN3O4. The number of carbonyl (C=O) groups is 1. The average molecular weight is 406 g/mol. The van der Waals surface area contributed by atoms with Crippen LogP contribution in [0.2, 0.25) is 5.02 Å². The molecule has 0 saturated heterocycles. The third-order valence-corrected chi connectivity index (χ3v) is 5.78. The number of para-hydroxylation sites is 1. The Hall–Kier alpha value is -2.38. The van der Waals surface area contributed by atoms with Crippen LogP contribution in [0.3, 0.4) is 0 Å². The molecule has 0 amide bonds. The van der Waals surface area contributed by atoms with Crippen molar-refractivity contribution in [1.29, 1.82) is 0 Å². The monoisotopic (exact) mass is 405 g/mol. The van der Waals surface area contributed by atoms with Crippen LogP contribution >= 0.6 is 11.6 Å². The molecule has 2 atom stereocenters. The third kappa shape index (κ3) is 3.91. The van der Waals surface area contributed by atoms with Crippen molar-refractivity contribution in [3.8, 4) is 5.69 Å². The number of aliphatic hydroxyl groups excluding tert-OH is 1. The second-order valence-corrected chi connectivity index (χ2v) is 7.75. The number of carbonyl (C=O) groups excluding carboxylic acids is 1. The Morgan fingerprint density at radius 1 is 1.43 bits per heavy atom. The largest absolute Gasteiger partial charge is 0.465 e. The number of benzene rings is 1. The molecule has 2 aromatic rings. The van der Waals surface area contributed by atoms with Gasteiger partial charge >= 0.3 is 5.97 Å². The number of aromatic nitrogens is 2. The lowest BCUT2D eigenvalue weighted by Crippen LogP contribution is -2.41. The lowest BCUT2D eigenvalue weighted by molar-refractivity contribution is 0.00962. The number of hydrogen-bond donors (Lipinski definition) is 2. The zero-order valence-electron chi connectivity index (χ0n) is 15.9. The third-order valence-electron chi connectivity index (χ3n) is 5.42. The van der Waals surface area contributed by atoms with Gasteiger partial charge < -0.3 is 15.2 Å². The average Bonchev–Trinajstić information content (AvgIpc) is 2.71. The first-order chi connectivity index (χ1) is 13.4. The minimum absolute atomic E-state index is 0.0245. The summed E-state index contributed by atoms with van der Waals surface area (Å²) in [5.41, 5.74) is 0.0833. The highest BCUT2D eigenvalue weighted by atomic mass is 35.5. The summed E-state index contributed by atoms with van der Waals surface area (Å²) >= 11 is 6.30. The molecule has 2 unspecified atom stereocenters. The van der Waals surface area contributed by atoms with Crippen molar-refractivity contribution in [1.82, 2.24) is 9.78 Å². The number of rotatable bonds is 5. The van der Waals surface area contributed by atoms with Crippen molar-refractivity contribution in [3.05, 3.63) is 51.4 Å². The van der Waals surface area contributed by atoms with Gasteiger partial charge in [0.15, 0.2) is 0 Å². The number of nitrogens with one attached hydrogen (secondary N) is 1. The molecule has 2 N–H and O–H groups in total. The number of esters is 1. The maximum Gasteiger partial charge on any atom is 0.340 e. The molecule has 150 valence electrons. The maximum absolute atomic E-state index is 12.8. The van der Waals surface area contributed by atoms with Crippen LogP contribution in [0.15, 0.2) is 35.3 Å². The van der Waals surface area contributed by atoms with E-state index in [1.54, 1.807) is 24.3 Å². The van der Waals surface area contributed by atoms with E-state index < -0.39 is 17.6 Å². The lowest BCUT2D eigenvalue weighted by atomic mass is 9.73. The van der Waals surface area contributed by atoms with Gasteiger partial charge in [-0.05, 0) is 25.0 Å². The Bertz CT molecular complexity index is 930. The maximum atomic E-state index is 12.8. The SMILES string of the molecule is COC(=O)c1ccccc1-n1ncc(NCC2(C)CCCCC2O)c(Cl)c1=O. The van der Waals surface area contributed by atoms with Gasteiger partial charge in [-0.15, -0.1) is 0 Å². The predicted molar refractivity (Wildman–Crippen MR) is 107 cm³/mol. The summed E-state index contributed by atoms with van der Waals surface area (Å²) < 4.78 is 5.85. The first-order valence-electron chi connectivity index (χ1n) is 9.25. The van der Waals surface area contributed by atoms with Crippen LogP contribution in [-0.4, -0.2) is 40.6 Å². The van der Waals surface area contributed by atoms with Gasteiger partial charge in [-0.2, -0.15) is 9.78 Å². The topological polar surface area (TPSA) is 93.5 Å². The van der Waals surface area contributed by atoms with Crippen LogP contribution in [0.4, 0.5) is 5.69 Å². The van der Waals surface area contributed by atoms with Crippen LogP contribution in [0, 0.1) is 5.41 Å². The quantitative estimate of drug-likeness (QED) is 0.742. The van der Waals surface area contributed by atoms with E-state index in [1.807, 2.05) is 6.92 Å². The fourth-order valence-corrected chi connectivity index (χ4v) is 3.75. The molecule has 3 rings (SSSR count). The molecule has 1 fully saturated rings. The van der Waals surface area contributed by atoms with Crippen molar-refractivity contribution in [2.75, 3.05) is 19.0 Å². The van der Waals surface area contributed by atoms with Gasteiger partial charge in [-0.1, -0.05) is 43.5 Å². The van der Waals surface area contributed by atoms with Crippen LogP contribution in [0.5, 0.6) is 0 Å². The minimum atomic E-state index is -0.568. The molecule has 1 aromatic carbocycles. The lowest BCUT2D eigenvalue weighted by Gasteiger charge is -2.38. The van der Waals surface area contributed by atoms with Gasteiger partial charge in [0.05, 0.1) is 36.3 Å². The summed E-state index contributed by atoms with van der Waals surface area (Å²) in [5, 5.41) is 17.6. The number of anilines is 1. The normalized spacial score (nSPS) is 21.9. The fraction of sp³-hybridized carbons (Fsp3) is 0.450. The highest BCUT2D eigenvalue weighted by molar-refractivity contribution is 6.33. The van der Waals surface area contributed by atoms with E-state index in [1.165, 1.54) is 13.3 Å². The Labute approximate surface area is 168 Å². The second kappa shape index (κ2) is 8.32. The first kappa shape index (κ1) is 20.4. The number of nitrogens with zero attached hydrogens (tertiary/aromatic N) is 2. The standard InChI is InChI=1S/C20H24ClN3O4/c1-20(10-6-5-9-16(20)25)12-22-14-11-23-24(18(26)17(14)21)15-8-4-3-7-13(15)19(27)28-2/h3-4,7-8,11,16,22,25H,5-6,9-10,12H2,1-2H3. The second-order valence-electron chi connectivity index (χ2n) is 7.37. The van der Waals surface area contributed by atoms with E-state index in [9.17, 15) is 14.7 Å². The van der Waals surface area contributed by atoms with E-state index in [0.29, 0.717) is 17.9 Å². The van der Waals surface area contributed by atoms with Crippen molar-refractivity contribution >= 4 is 23.3 Å². The molecular weight excluding hydrogens is 382 g/mol. The number of aliphatic hydroxyl groups is 1. The number of methoxy groups -OCH3 is 1. The Balaban J connectivity index is 1.89. The van der Waals surface area contributed by atoms with Gasteiger partial charge in [0.1, 0.15) is 5.02 Å². The summed E-state index contributed by atoms with van der Waals surface area (Å²) in [4.78, 5) is 24.8. The van der Waals surface area contributed by atoms with Crippen molar-refractivity contribution in [3.63, 3.8) is 0 Å². The molecule has 28 heavy (non-hydrogen) atoms. The highest BCUT2D eigenvalue weighted by Crippen LogP contribution is 2.36. The number of ether oxygens (including phenoxy) is 1. The molecule has 1 aliphatic rings. The molecule has 1 aliphatic carbocycles. The number of hydrogen-bond acceptors (Lipinski definition) is 6. The van der Waals surface area contributed by atoms with Crippen molar-refractivity contribution in [2.45, 2.75) is 38.7 Å². The summed E-state index contributed by atoms with van der Waals surface area (Å²) in [6.45, 7) is 2.51. The zero-order valence-corrected chi connectivity index (χ0v) is 16.7. The van der Waals surface area contributed by atoms with Gasteiger partial charge in [0.2, 0.25) is 0 Å². The predicted octanol–water partition coefficient (Wildman–Crippen LogP) is 3.03.